The number of fused-ring (bicyclic) bond motifs is 1. The molecule has 2 aromatic heterocycles. The van der Waals surface area contributed by atoms with Gasteiger partial charge < -0.3 is 15.0 Å². The highest BCUT2D eigenvalue weighted by molar-refractivity contribution is 6.92. The van der Waals surface area contributed by atoms with Crippen LogP contribution in [0.4, 0.5) is 5.82 Å². The average molecular weight is 399 g/mol. The molecule has 0 unspecified atom stereocenters. The maximum Gasteiger partial charge on any atom is 0.143 e. The lowest BCUT2D eigenvalue weighted by molar-refractivity contribution is 0.120. The third-order valence-corrected chi connectivity index (χ3v) is 12.5. The molecule has 1 atom stereocenters. The van der Waals surface area contributed by atoms with Gasteiger partial charge in [-0.1, -0.05) is 45.0 Å². The molecular weight excluding hydrogens is 364 g/mol. The lowest BCUT2D eigenvalue weighted by Gasteiger charge is -2.29. The topological polar surface area (TPSA) is 62.8 Å². The van der Waals surface area contributed by atoms with E-state index in [9.17, 15) is 0 Å². The molecule has 2 N–H and O–H groups in total. The Hall–Kier alpha value is -1.66. The highest BCUT2D eigenvalue weighted by Gasteiger charge is 2.36. The van der Waals surface area contributed by atoms with E-state index in [2.05, 4.69) is 47.1 Å². The maximum atomic E-state index is 5.81. The van der Waals surface area contributed by atoms with Crippen LogP contribution in [0.1, 0.15) is 58.4 Å². The second kappa shape index (κ2) is 8.37. The maximum absolute atomic E-state index is 5.81. The number of aromatic nitrogens is 3. The molecule has 1 aliphatic heterocycles. The van der Waals surface area contributed by atoms with Crippen LogP contribution in [0.15, 0.2) is 12.4 Å². The van der Waals surface area contributed by atoms with Gasteiger partial charge >= 0.3 is 0 Å². The van der Waals surface area contributed by atoms with E-state index in [-0.39, 0.29) is 0 Å². The predicted octanol–water partition coefficient (Wildman–Crippen LogP) is 4.83. The number of H-pyrrole nitrogens is 1. The molecule has 0 bridgehead atoms. The van der Waals surface area contributed by atoms with Crippen molar-refractivity contribution in [2.75, 3.05) is 18.5 Å². The van der Waals surface area contributed by atoms with Gasteiger partial charge in [-0.2, -0.15) is 0 Å². The summed E-state index contributed by atoms with van der Waals surface area (Å²) in [5, 5.41) is 6.31. The summed E-state index contributed by atoms with van der Waals surface area (Å²) in [6, 6.07) is 3.79. The Labute approximate surface area is 169 Å². The largest absolute Gasteiger partial charge is 0.376 e. The van der Waals surface area contributed by atoms with Gasteiger partial charge in [0, 0.05) is 24.0 Å². The zero-order valence-corrected chi connectivity index (χ0v) is 18.6. The molecule has 0 amide bonds. The number of hydrogen-bond acceptors (Lipinski definition) is 4. The quantitative estimate of drug-likeness (QED) is 0.625. The Morgan fingerprint density at radius 2 is 2.00 bits per heavy atom. The third-order valence-electron chi connectivity index (χ3n) is 7.03. The second-order valence-electron chi connectivity index (χ2n) is 8.30. The van der Waals surface area contributed by atoms with Crippen molar-refractivity contribution in [2.45, 2.75) is 77.1 Å². The van der Waals surface area contributed by atoms with Crippen molar-refractivity contribution in [3.05, 3.63) is 18.0 Å². The summed E-state index contributed by atoms with van der Waals surface area (Å²) in [4.78, 5) is 13.1. The van der Waals surface area contributed by atoms with E-state index in [1.807, 2.05) is 0 Å². The highest BCUT2D eigenvalue weighted by atomic mass is 28.3. The summed E-state index contributed by atoms with van der Waals surface area (Å²) in [5.74, 6) is 0.969. The van der Waals surface area contributed by atoms with Crippen LogP contribution in [-0.4, -0.2) is 42.3 Å². The molecule has 3 heterocycles. The fraction of sp³-hybridized carbons (Fsp3) is 0.636. The van der Waals surface area contributed by atoms with Crippen LogP contribution in [0.25, 0.3) is 16.6 Å². The Bertz CT molecular complexity index is 841. The van der Waals surface area contributed by atoms with E-state index in [1.54, 1.807) is 6.33 Å². The van der Waals surface area contributed by atoms with E-state index in [4.69, 9.17) is 4.74 Å². The van der Waals surface area contributed by atoms with Crippen molar-refractivity contribution in [1.29, 1.82) is 0 Å². The number of nitrogens with zero attached hydrogens (tertiary/aromatic N) is 2. The van der Waals surface area contributed by atoms with Gasteiger partial charge in [0.25, 0.3) is 0 Å². The molecule has 1 saturated heterocycles. The molecule has 1 aliphatic carbocycles. The third kappa shape index (κ3) is 3.41. The molecule has 4 rings (SSSR count). The van der Waals surface area contributed by atoms with Gasteiger partial charge in [0.2, 0.25) is 0 Å². The van der Waals surface area contributed by atoms with Crippen LogP contribution in [-0.2, 0) is 4.74 Å². The van der Waals surface area contributed by atoms with Gasteiger partial charge in [0.15, 0.2) is 0 Å². The van der Waals surface area contributed by atoms with E-state index in [1.165, 1.54) is 59.2 Å². The van der Waals surface area contributed by atoms with Crippen molar-refractivity contribution in [3.8, 4) is 0 Å². The van der Waals surface area contributed by atoms with Crippen molar-refractivity contribution in [2.24, 2.45) is 0 Å². The monoisotopic (exact) mass is 398 g/mol. The van der Waals surface area contributed by atoms with E-state index in [0.717, 1.165) is 37.5 Å². The first kappa shape index (κ1) is 19.6. The van der Waals surface area contributed by atoms with Crippen molar-refractivity contribution in [1.82, 2.24) is 15.0 Å². The van der Waals surface area contributed by atoms with Crippen LogP contribution >= 0.6 is 0 Å². The van der Waals surface area contributed by atoms with Crippen LogP contribution in [0.2, 0.25) is 18.1 Å². The standard InChI is InChI=1S/C22H34N4OSi/c1-4-28(5-2,6-3)22-18(16-10-7-8-11-16)19-20(24-15-25-21(19)26-22)23-14-17-12-9-13-27-17/h10,15,17H,4-9,11-14H2,1-3H3,(H2,23,24,25,26)/t17-/m0/s1. The lowest BCUT2D eigenvalue weighted by atomic mass is 10.1. The van der Waals surface area contributed by atoms with Gasteiger partial charge in [0.1, 0.15) is 25.9 Å². The number of allylic oxidation sites excluding steroid dienone is 2. The predicted molar refractivity (Wildman–Crippen MR) is 120 cm³/mol. The van der Waals surface area contributed by atoms with Crippen LogP contribution < -0.4 is 10.6 Å². The number of aromatic amines is 1. The summed E-state index contributed by atoms with van der Waals surface area (Å²) in [6.45, 7) is 8.83. The molecule has 28 heavy (non-hydrogen) atoms. The molecule has 0 aromatic carbocycles. The molecule has 6 heteroatoms. The molecular formula is C22H34N4OSi. The zero-order chi connectivity index (χ0) is 19.6. The molecule has 0 saturated carbocycles. The number of hydrogen-bond donors (Lipinski definition) is 2. The minimum atomic E-state index is -1.58. The Kier molecular flexibility index (Phi) is 5.87. The first-order valence-corrected chi connectivity index (χ1v) is 13.8. The summed E-state index contributed by atoms with van der Waals surface area (Å²) in [7, 11) is -1.58. The first-order chi connectivity index (χ1) is 13.7. The van der Waals surface area contributed by atoms with Crippen LogP contribution in [0.5, 0.6) is 0 Å². The number of nitrogens with one attached hydrogen (secondary N) is 2. The van der Waals surface area contributed by atoms with E-state index < -0.39 is 8.07 Å². The lowest BCUT2D eigenvalue weighted by Crippen LogP contribution is -2.48. The smallest absolute Gasteiger partial charge is 0.143 e. The molecule has 152 valence electrons. The Balaban J connectivity index is 1.83. The van der Waals surface area contributed by atoms with Gasteiger partial charge in [0.05, 0.1) is 11.5 Å². The van der Waals surface area contributed by atoms with Crippen LogP contribution in [0.3, 0.4) is 0 Å². The highest BCUT2D eigenvalue weighted by Crippen LogP contribution is 2.37. The number of anilines is 1. The van der Waals surface area contributed by atoms with Gasteiger partial charge in [-0.25, -0.2) is 9.97 Å². The normalized spacial score (nSPS) is 20.1. The van der Waals surface area contributed by atoms with Gasteiger partial charge in [-0.15, -0.1) is 0 Å². The summed E-state index contributed by atoms with van der Waals surface area (Å²) < 4.78 is 5.81. The number of ether oxygens (including phenoxy) is 1. The molecule has 5 nitrogen and oxygen atoms in total. The molecule has 1 fully saturated rings. The molecule has 2 aliphatic rings. The van der Waals surface area contributed by atoms with Gasteiger partial charge in [-0.05, 0) is 37.7 Å². The summed E-state index contributed by atoms with van der Waals surface area (Å²) >= 11 is 0. The zero-order valence-electron chi connectivity index (χ0n) is 17.6. The SMILES string of the molecule is CC[Si](CC)(CC)c1[nH]c2ncnc(NC[C@@H]3CCCO3)c2c1C1=CCCC1. The fourth-order valence-electron chi connectivity index (χ4n) is 5.07. The van der Waals surface area contributed by atoms with E-state index >= 15 is 0 Å². The van der Waals surface area contributed by atoms with Crippen molar-refractivity contribution in [3.63, 3.8) is 0 Å². The van der Waals surface area contributed by atoms with Crippen LogP contribution in [0, 0.1) is 0 Å². The van der Waals surface area contributed by atoms with Gasteiger partial charge in [-0.3, -0.25) is 0 Å². The second-order valence-corrected chi connectivity index (χ2v) is 13.5. The minimum Gasteiger partial charge on any atom is -0.376 e. The Morgan fingerprint density at radius 3 is 2.64 bits per heavy atom. The number of rotatable bonds is 8. The van der Waals surface area contributed by atoms with Crippen molar-refractivity contribution < 1.29 is 4.74 Å². The summed E-state index contributed by atoms with van der Waals surface area (Å²) in [5.41, 5.74) is 3.93. The van der Waals surface area contributed by atoms with E-state index in [0.29, 0.717) is 6.10 Å². The minimum absolute atomic E-state index is 0.299. The average Bonchev–Trinajstić information content (AvgIpc) is 3.48. The first-order valence-electron chi connectivity index (χ1n) is 11.1. The molecule has 0 spiro atoms. The molecule has 2 aromatic rings. The summed E-state index contributed by atoms with van der Waals surface area (Å²) in [6.07, 6.45) is 10.3. The fourth-order valence-corrected chi connectivity index (χ4v) is 8.83. The van der Waals surface area contributed by atoms with Crippen molar-refractivity contribution >= 4 is 35.8 Å². The molecule has 0 radical (unpaired) electrons. The Morgan fingerprint density at radius 1 is 1.18 bits per heavy atom.